The molecule has 0 N–H and O–H groups in total. The molecule has 0 radical (unpaired) electrons. The first-order valence-corrected chi connectivity index (χ1v) is 6.71. The fourth-order valence-corrected chi connectivity index (χ4v) is 2.33. The average molecular weight is 263 g/mol. The van der Waals surface area contributed by atoms with Crippen LogP contribution in [0.2, 0.25) is 0 Å². The highest BCUT2D eigenvalue weighted by Crippen LogP contribution is 2.19. The van der Waals surface area contributed by atoms with Gasteiger partial charge in [-0.15, -0.1) is 0 Å². The molecule has 2 rings (SSSR count). The van der Waals surface area contributed by atoms with Crippen molar-refractivity contribution in [3.8, 4) is 5.75 Å². The lowest BCUT2D eigenvalue weighted by atomic mass is 10.1. The van der Waals surface area contributed by atoms with Crippen molar-refractivity contribution in [1.29, 1.82) is 0 Å². The third kappa shape index (κ3) is 3.47. The highest BCUT2D eigenvalue weighted by atomic mass is 16.5. The molecule has 19 heavy (non-hydrogen) atoms. The molecule has 1 aromatic carbocycles. The number of carbonyl (C=O) groups is 1. The number of ether oxygens (including phenoxy) is 2. The molecule has 0 bridgehead atoms. The van der Waals surface area contributed by atoms with Crippen LogP contribution in [0.25, 0.3) is 0 Å². The lowest BCUT2D eigenvalue weighted by Crippen LogP contribution is -2.37. The second-order valence-electron chi connectivity index (χ2n) is 4.82. The Labute approximate surface area is 114 Å². The van der Waals surface area contributed by atoms with Gasteiger partial charge >= 0.3 is 0 Å². The largest absolute Gasteiger partial charge is 0.496 e. The maximum atomic E-state index is 12.1. The number of likely N-dealkylation sites (N-methyl/N-ethyl adjacent to an activating group) is 1. The van der Waals surface area contributed by atoms with E-state index in [4.69, 9.17) is 9.47 Å². The summed E-state index contributed by atoms with van der Waals surface area (Å²) in [5, 5.41) is 0. The summed E-state index contributed by atoms with van der Waals surface area (Å²) in [6.07, 6.45) is 2.38. The van der Waals surface area contributed by atoms with Gasteiger partial charge in [0, 0.05) is 20.2 Å². The van der Waals surface area contributed by atoms with Gasteiger partial charge in [0.2, 0.25) is 0 Å². The van der Waals surface area contributed by atoms with Crippen molar-refractivity contribution in [3.05, 3.63) is 29.8 Å². The maximum Gasteiger partial charge on any atom is 0.251 e. The molecule has 1 saturated heterocycles. The van der Waals surface area contributed by atoms with Crippen LogP contribution in [0.4, 0.5) is 0 Å². The van der Waals surface area contributed by atoms with Crippen molar-refractivity contribution in [2.45, 2.75) is 25.4 Å². The quantitative estimate of drug-likeness (QED) is 0.814. The topological polar surface area (TPSA) is 38.8 Å². The Morgan fingerprint density at radius 1 is 1.47 bits per heavy atom. The molecule has 104 valence electrons. The number of nitrogens with zero attached hydrogens (tertiary/aromatic N) is 1. The van der Waals surface area contributed by atoms with Crippen molar-refractivity contribution in [2.75, 3.05) is 27.3 Å². The van der Waals surface area contributed by atoms with E-state index in [0.717, 1.165) is 30.6 Å². The van der Waals surface area contributed by atoms with Crippen molar-refractivity contribution >= 4 is 5.91 Å². The van der Waals surface area contributed by atoms with Crippen LogP contribution in [0, 0.1) is 0 Å². The first-order valence-electron chi connectivity index (χ1n) is 6.71. The first kappa shape index (κ1) is 13.9. The molecule has 4 heteroatoms. The smallest absolute Gasteiger partial charge is 0.251 e. The van der Waals surface area contributed by atoms with E-state index >= 15 is 0 Å². The molecule has 0 saturated carbocycles. The third-order valence-electron chi connectivity index (χ3n) is 3.49. The van der Waals surface area contributed by atoms with E-state index in [0.29, 0.717) is 13.2 Å². The Bertz CT molecular complexity index is 427. The minimum atomic E-state index is -0.234. The van der Waals surface area contributed by atoms with Crippen molar-refractivity contribution < 1.29 is 14.3 Å². The van der Waals surface area contributed by atoms with Crippen LogP contribution in [-0.2, 0) is 16.0 Å². The molecule has 0 spiro atoms. The summed E-state index contributed by atoms with van der Waals surface area (Å²) in [7, 11) is 3.50. The molecule has 1 heterocycles. The molecular weight excluding hydrogens is 242 g/mol. The number of carbonyl (C=O) groups excluding carboxylic acids is 1. The fraction of sp³-hybridized carbons (Fsp3) is 0.533. The number of rotatable bonds is 5. The Kier molecular flexibility index (Phi) is 4.80. The van der Waals surface area contributed by atoms with Gasteiger partial charge in [-0.05, 0) is 30.9 Å². The van der Waals surface area contributed by atoms with Gasteiger partial charge in [-0.25, -0.2) is 0 Å². The minimum Gasteiger partial charge on any atom is -0.496 e. The Hall–Kier alpha value is -1.55. The summed E-state index contributed by atoms with van der Waals surface area (Å²) in [4.78, 5) is 13.8. The summed E-state index contributed by atoms with van der Waals surface area (Å²) < 4.78 is 10.7. The van der Waals surface area contributed by atoms with Crippen LogP contribution in [0.1, 0.15) is 18.4 Å². The SMILES string of the molecule is COc1ccccc1CCN(C)C(=O)C1CCCO1. The van der Waals surface area contributed by atoms with E-state index in [1.165, 1.54) is 0 Å². The normalized spacial score (nSPS) is 18.3. The zero-order valence-corrected chi connectivity index (χ0v) is 11.6. The summed E-state index contributed by atoms with van der Waals surface area (Å²) in [6.45, 7) is 1.38. The van der Waals surface area contributed by atoms with Crippen LogP contribution in [0.3, 0.4) is 0 Å². The predicted molar refractivity (Wildman–Crippen MR) is 73.3 cm³/mol. The van der Waals surface area contributed by atoms with Crippen molar-refractivity contribution in [1.82, 2.24) is 4.90 Å². The molecule has 1 aromatic rings. The molecule has 1 atom stereocenters. The Morgan fingerprint density at radius 3 is 2.95 bits per heavy atom. The number of amides is 1. The predicted octanol–water partition coefficient (Wildman–Crippen LogP) is 1.88. The number of hydrogen-bond acceptors (Lipinski definition) is 3. The highest BCUT2D eigenvalue weighted by Gasteiger charge is 2.26. The summed E-state index contributed by atoms with van der Waals surface area (Å²) in [5.74, 6) is 0.966. The number of para-hydroxylation sites is 1. The van der Waals surface area contributed by atoms with Crippen LogP contribution in [-0.4, -0.2) is 44.2 Å². The van der Waals surface area contributed by atoms with Crippen molar-refractivity contribution in [3.63, 3.8) is 0 Å². The second-order valence-corrected chi connectivity index (χ2v) is 4.82. The van der Waals surface area contributed by atoms with Gasteiger partial charge in [-0.1, -0.05) is 18.2 Å². The van der Waals surface area contributed by atoms with E-state index in [2.05, 4.69) is 0 Å². The summed E-state index contributed by atoms with van der Waals surface area (Å²) in [5.41, 5.74) is 1.12. The van der Waals surface area contributed by atoms with E-state index < -0.39 is 0 Å². The van der Waals surface area contributed by atoms with Crippen LogP contribution in [0.15, 0.2) is 24.3 Å². The zero-order valence-electron chi connectivity index (χ0n) is 11.6. The second kappa shape index (κ2) is 6.57. The number of benzene rings is 1. The van der Waals surface area contributed by atoms with E-state index in [-0.39, 0.29) is 12.0 Å². The molecular formula is C15H21NO3. The van der Waals surface area contributed by atoms with E-state index in [1.54, 1.807) is 12.0 Å². The van der Waals surface area contributed by atoms with Gasteiger partial charge < -0.3 is 14.4 Å². The molecule has 1 unspecified atom stereocenters. The molecule has 1 aliphatic rings. The van der Waals surface area contributed by atoms with Crippen LogP contribution in [0.5, 0.6) is 5.75 Å². The molecule has 1 amide bonds. The lowest BCUT2D eigenvalue weighted by Gasteiger charge is -2.21. The van der Waals surface area contributed by atoms with Crippen LogP contribution < -0.4 is 4.74 Å². The third-order valence-corrected chi connectivity index (χ3v) is 3.49. The van der Waals surface area contributed by atoms with Gasteiger partial charge in [0.15, 0.2) is 0 Å². The van der Waals surface area contributed by atoms with Crippen molar-refractivity contribution in [2.24, 2.45) is 0 Å². The summed E-state index contributed by atoms with van der Waals surface area (Å²) in [6, 6.07) is 7.91. The molecule has 0 aromatic heterocycles. The van der Waals surface area contributed by atoms with E-state index in [1.807, 2.05) is 31.3 Å². The maximum absolute atomic E-state index is 12.1. The van der Waals surface area contributed by atoms with Gasteiger partial charge in [0.1, 0.15) is 11.9 Å². The first-order chi connectivity index (χ1) is 9.22. The van der Waals surface area contributed by atoms with E-state index in [9.17, 15) is 4.79 Å². The average Bonchev–Trinajstić information content (AvgIpc) is 2.98. The molecule has 1 fully saturated rings. The highest BCUT2D eigenvalue weighted by molar-refractivity contribution is 5.80. The molecule has 0 aliphatic carbocycles. The van der Waals surface area contributed by atoms with Gasteiger partial charge in [-0.3, -0.25) is 4.79 Å². The Balaban J connectivity index is 1.88. The molecule has 4 nitrogen and oxygen atoms in total. The van der Waals surface area contributed by atoms with Gasteiger partial charge in [-0.2, -0.15) is 0 Å². The fourth-order valence-electron chi connectivity index (χ4n) is 2.33. The number of hydrogen-bond donors (Lipinski definition) is 0. The lowest BCUT2D eigenvalue weighted by molar-refractivity contribution is -0.139. The monoisotopic (exact) mass is 263 g/mol. The van der Waals surface area contributed by atoms with Crippen LogP contribution >= 0.6 is 0 Å². The van der Waals surface area contributed by atoms with Gasteiger partial charge in [0.05, 0.1) is 7.11 Å². The number of methoxy groups -OCH3 is 1. The molecule has 1 aliphatic heterocycles. The standard InChI is InChI=1S/C15H21NO3/c1-16(15(17)14-8-5-11-19-14)10-9-12-6-3-4-7-13(12)18-2/h3-4,6-7,14H,5,8-11H2,1-2H3. The Morgan fingerprint density at radius 2 is 2.26 bits per heavy atom. The van der Waals surface area contributed by atoms with Gasteiger partial charge in [0.25, 0.3) is 5.91 Å². The zero-order chi connectivity index (χ0) is 13.7. The minimum absolute atomic E-state index is 0.0902. The summed E-state index contributed by atoms with van der Waals surface area (Å²) >= 11 is 0.